The van der Waals surface area contributed by atoms with Crippen molar-refractivity contribution in [3.63, 3.8) is 0 Å². The van der Waals surface area contributed by atoms with E-state index in [4.69, 9.17) is 0 Å². The summed E-state index contributed by atoms with van der Waals surface area (Å²) in [5.74, 6) is 2.19. The minimum absolute atomic E-state index is 0.473. The van der Waals surface area contributed by atoms with Gasteiger partial charge < -0.3 is 0 Å². The summed E-state index contributed by atoms with van der Waals surface area (Å²) in [5, 5.41) is 1.58. The molecule has 0 saturated carbocycles. The third kappa shape index (κ3) is 6.07. The molecule has 16 heavy (non-hydrogen) atoms. The van der Waals surface area contributed by atoms with E-state index in [2.05, 4.69) is 40.0 Å². The van der Waals surface area contributed by atoms with Crippen molar-refractivity contribution in [1.29, 1.82) is 0 Å². The maximum absolute atomic E-state index is 2.57. The minimum atomic E-state index is -0.541. The van der Waals surface area contributed by atoms with Gasteiger partial charge in [-0.05, 0) is 0 Å². The van der Waals surface area contributed by atoms with Crippen LogP contribution in [0, 0.1) is 11.8 Å². The first-order valence-electron chi connectivity index (χ1n) is 6.48. The molecule has 2 rings (SSSR count). The Bertz CT molecular complexity index is 207. The van der Waals surface area contributed by atoms with Gasteiger partial charge in [0.2, 0.25) is 0 Å². The Labute approximate surface area is 120 Å². The normalized spacial score (nSPS) is 35.6. The van der Waals surface area contributed by atoms with Gasteiger partial charge >= 0.3 is 121 Å². The molecular formula is C12H28SeSi2Te. The molecule has 0 spiro atoms. The predicted octanol–water partition coefficient (Wildman–Crippen LogP) is 3.93. The summed E-state index contributed by atoms with van der Waals surface area (Å²) < 4.78 is 1.64. The molecule has 0 radical (unpaired) electrons. The fourth-order valence-corrected chi connectivity index (χ4v) is 26.6. The van der Waals surface area contributed by atoms with Crippen LogP contribution in [0.5, 0.6) is 0 Å². The van der Waals surface area contributed by atoms with E-state index < -0.39 is 12.3 Å². The Morgan fingerprint density at radius 1 is 1.00 bits per heavy atom. The van der Waals surface area contributed by atoms with E-state index in [0.29, 0.717) is 20.1 Å². The summed E-state index contributed by atoms with van der Waals surface area (Å²) in [6, 6.07) is 3.24. The van der Waals surface area contributed by atoms with Gasteiger partial charge in [-0.25, -0.2) is 0 Å². The molecule has 2 saturated heterocycles. The summed E-state index contributed by atoms with van der Waals surface area (Å²) in [4.78, 5) is 0. The van der Waals surface area contributed by atoms with E-state index >= 15 is 0 Å². The number of hydrogen-bond donors (Lipinski definition) is 0. The maximum atomic E-state index is 2.57. The Morgan fingerprint density at radius 2 is 1.62 bits per heavy atom. The molecule has 0 aromatic rings. The molecule has 0 aliphatic carbocycles. The van der Waals surface area contributed by atoms with E-state index in [1.807, 2.05) is 0 Å². The summed E-state index contributed by atoms with van der Waals surface area (Å²) in [6.45, 7) is 14.5. The molecule has 4 heteroatoms. The van der Waals surface area contributed by atoms with Gasteiger partial charge in [0.1, 0.15) is 0 Å². The standard InChI is InChI=1S/C6H14SeSi.C6H14SiTe/c1-6-4-7-8(2,3)5-6;1-6-4-7(2,3)8-5-6/h2*6H,4-5H2,1-3H3. The van der Waals surface area contributed by atoms with Crippen LogP contribution < -0.4 is 0 Å². The van der Waals surface area contributed by atoms with E-state index in [-0.39, 0.29) is 0 Å². The van der Waals surface area contributed by atoms with Crippen molar-refractivity contribution in [2.45, 2.75) is 61.9 Å². The number of rotatable bonds is 0. The topological polar surface area (TPSA) is 0 Å². The monoisotopic (exact) mass is 438 g/mol. The SMILES string of the molecule is CC1C[Se][Si](C)(C)C1.CC1C[Te][Si](C)(C)C1. The van der Waals surface area contributed by atoms with Gasteiger partial charge in [-0.3, -0.25) is 0 Å². The molecule has 0 nitrogen and oxygen atoms in total. The van der Waals surface area contributed by atoms with Gasteiger partial charge in [0.25, 0.3) is 0 Å². The van der Waals surface area contributed by atoms with Gasteiger partial charge in [0.05, 0.1) is 0 Å². The molecular weight excluding hydrogens is 407 g/mol. The zero-order valence-electron chi connectivity index (χ0n) is 11.8. The quantitative estimate of drug-likeness (QED) is 0.507. The van der Waals surface area contributed by atoms with Crippen molar-refractivity contribution in [3.05, 3.63) is 0 Å². The molecule has 2 heterocycles. The van der Waals surface area contributed by atoms with Gasteiger partial charge in [0, 0.05) is 0 Å². The molecule has 0 aromatic heterocycles. The van der Waals surface area contributed by atoms with Crippen LogP contribution in [0.3, 0.4) is 0 Å². The average Bonchev–Trinajstić information content (AvgIpc) is 2.56. The van der Waals surface area contributed by atoms with Crippen molar-refractivity contribution in [2.75, 3.05) is 0 Å². The first-order valence-corrected chi connectivity index (χ1v) is 21.6. The van der Waals surface area contributed by atoms with E-state index in [1.54, 1.807) is 21.9 Å². The average molecular weight is 435 g/mol. The Balaban J connectivity index is 0.000000160. The van der Waals surface area contributed by atoms with Crippen molar-refractivity contribution in [1.82, 2.24) is 0 Å². The Kier molecular flexibility index (Phi) is 6.18. The molecule has 0 amide bonds. The van der Waals surface area contributed by atoms with Crippen LogP contribution in [-0.4, -0.2) is 46.8 Å². The zero-order chi connectivity index (χ0) is 12.4. The summed E-state index contributed by atoms with van der Waals surface area (Å²) >= 11 is 1.61. The molecule has 2 unspecified atom stereocenters. The molecule has 2 aliphatic heterocycles. The van der Waals surface area contributed by atoms with Gasteiger partial charge in [0.15, 0.2) is 0 Å². The summed E-state index contributed by atoms with van der Waals surface area (Å²) in [6.07, 6.45) is 0. The molecule has 0 N–H and O–H groups in total. The van der Waals surface area contributed by atoms with Crippen molar-refractivity contribution >= 4 is 46.8 Å². The Hall–Kier alpha value is 1.74. The number of hydrogen-bond acceptors (Lipinski definition) is 0. The van der Waals surface area contributed by atoms with Crippen LogP contribution in [0.15, 0.2) is 0 Å². The molecule has 2 aliphatic rings. The van der Waals surface area contributed by atoms with Crippen molar-refractivity contribution in [2.24, 2.45) is 11.8 Å². The van der Waals surface area contributed by atoms with Crippen LogP contribution in [0.4, 0.5) is 0 Å². The molecule has 96 valence electrons. The van der Waals surface area contributed by atoms with Gasteiger partial charge in [-0.1, -0.05) is 0 Å². The third-order valence-electron chi connectivity index (χ3n) is 3.20. The predicted molar refractivity (Wildman–Crippen MR) is 84.0 cm³/mol. The van der Waals surface area contributed by atoms with Crippen molar-refractivity contribution < 1.29 is 0 Å². The first-order chi connectivity index (χ1) is 7.20. The second kappa shape index (κ2) is 6.26. The van der Waals surface area contributed by atoms with E-state index in [0.717, 1.165) is 26.2 Å². The van der Waals surface area contributed by atoms with Crippen LogP contribution in [0.25, 0.3) is 0 Å². The molecule has 0 bridgehead atoms. The van der Waals surface area contributed by atoms with Crippen LogP contribution >= 0.6 is 0 Å². The first kappa shape index (κ1) is 15.8. The summed E-state index contributed by atoms with van der Waals surface area (Å²) in [7, 11) is 0. The fourth-order valence-electron chi connectivity index (χ4n) is 2.65. The molecule has 2 atom stereocenters. The van der Waals surface area contributed by atoms with E-state index in [1.165, 1.54) is 0 Å². The molecule has 0 aromatic carbocycles. The third-order valence-corrected chi connectivity index (χ3v) is 27.8. The molecule has 2 fully saturated rings. The zero-order valence-corrected chi connectivity index (χ0v) is 17.8. The van der Waals surface area contributed by atoms with Crippen LogP contribution in [0.2, 0.25) is 48.1 Å². The second-order valence-electron chi connectivity index (χ2n) is 6.76. The van der Waals surface area contributed by atoms with Gasteiger partial charge in [-0.2, -0.15) is 0 Å². The second-order valence-corrected chi connectivity index (χ2v) is 37.6. The van der Waals surface area contributed by atoms with Crippen molar-refractivity contribution in [3.8, 4) is 0 Å². The van der Waals surface area contributed by atoms with E-state index in [9.17, 15) is 0 Å². The Morgan fingerprint density at radius 3 is 1.75 bits per heavy atom. The summed E-state index contributed by atoms with van der Waals surface area (Å²) in [5.41, 5.74) is -0.473. The van der Waals surface area contributed by atoms with Gasteiger partial charge in [-0.15, -0.1) is 0 Å². The van der Waals surface area contributed by atoms with Crippen LogP contribution in [-0.2, 0) is 0 Å². The van der Waals surface area contributed by atoms with Crippen LogP contribution in [0.1, 0.15) is 13.8 Å². The fraction of sp³-hybridized carbons (Fsp3) is 1.00.